The average Bonchev–Trinajstić information content (AvgIpc) is 3.13. The van der Waals surface area contributed by atoms with Crippen LogP contribution >= 0.6 is 0 Å². The van der Waals surface area contributed by atoms with Crippen LogP contribution in [0.15, 0.2) is 36.9 Å². The highest BCUT2D eigenvalue weighted by molar-refractivity contribution is 5.91. The molecule has 1 amide bonds. The molecule has 0 radical (unpaired) electrons. The number of carbonyl (C=O) groups excluding carboxylic acids is 2. The quantitative estimate of drug-likeness (QED) is 0.794. The molecule has 25 heavy (non-hydrogen) atoms. The summed E-state index contributed by atoms with van der Waals surface area (Å²) in [6.45, 7) is 5.51. The predicted molar refractivity (Wildman–Crippen MR) is 91.2 cm³/mol. The van der Waals surface area contributed by atoms with Gasteiger partial charge in [-0.15, -0.1) is 0 Å². The second-order valence-corrected chi connectivity index (χ2v) is 6.71. The zero-order valence-corrected chi connectivity index (χ0v) is 14.5. The molecule has 132 valence electrons. The van der Waals surface area contributed by atoms with E-state index in [2.05, 4.69) is 23.9 Å². The molecule has 1 aromatic carbocycles. The van der Waals surface area contributed by atoms with Crippen LogP contribution in [-0.2, 0) is 9.53 Å². The average molecular weight is 342 g/mol. The van der Waals surface area contributed by atoms with Gasteiger partial charge in [-0.1, -0.05) is 13.8 Å². The zero-order valence-electron chi connectivity index (χ0n) is 14.5. The lowest BCUT2D eigenvalue weighted by Gasteiger charge is -2.34. The Balaban J connectivity index is 1.54. The number of aromatic nitrogens is 3. The van der Waals surface area contributed by atoms with Crippen molar-refractivity contribution in [2.75, 3.05) is 19.7 Å². The molecule has 0 unspecified atom stereocenters. The van der Waals surface area contributed by atoms with Crippen LogP contribution in [0.1, 0.15) is 30.6 Å². The predicted octanol–water partition coefficient (Wildman–Crippen LogP) is 1.93. The summed E-state index contributed by atoms with van der Waals surface area (Å²) < 4.78 is 6.77. The van der Waals surface area contributed by atoms with E-state index in [0.29, 0.717) is 17.4 Å². The highest BCUT2D eigenvalue weighted by Crippen LogP contribution is 2.21. The molecule has 1 aliphatic rings. The Bertz CT molecular complexity index is 717. The zero-order chi connectivity index (χ0) is 17.8. The maximum Gasteiger partial charge on any atom is 0.338 e. The molecule has 1 aromatic heterocycles. The molecule has 3 rings (SSSR count). The molecule has 2 atom stereocenters. The summed E-state index contributed by atoms with van der Waals surface area (Å²) in [5.41, 5.74) is 1.19. The SMILES string of the molecule is C[C@H]1C[C@H](C)CN(C(=O)COC(=O)c2ccc(-n3cncn3)cc2)C1. The van der Waals surface area contributed by atoms with Crippen LogP contribution in [0.25, 0.3) is 5.69 Å². The molecule has 0 saturated carbocycles. The van der Waals surface area contributed by atoms with Gasteiger partial charge in [0.05, 0.1) is 11.3 Å². The van der Waals surface area contributed by atoms with E-state index >= 15 is 0 Å². The van der Waals surface area contributed by atoms with E-state index in [0.717, 1.165) is 25.2 Å². The van der Waals surface area contributed by atoms with E-state index in [1.807, 2.05) is 0 Å². The van der Waals surface area contributed by atoms with E-state index in [1.165, 1.54) is 6.33 Å². The Morgan fingerprint density at radius 3 is 2.44 bits per heavy atom. The Labute approximate surface area is 146 Å². The van der Waals surface area contributed by atoms with Crippen LogP contribution in [0.3, 0.4) is 0 Å². The number of nitrogens with zero attached hydrogens (tertiary/aromatic N) is 4. The van der Waals surface area contributed by atoms with Gasteiger partial charge in [0.25, 0.3) is 5.91 Å². The second kappa shape index (κ2) is 7.46. The van der Waals surface area contributed by atoms with Gasteiger partial charge in [-0.3, -0.25) is 4.79 Å². The fourth-order valence-corrected chi connectivity index (χ4v) is 3.26. The summed E-state index contributed by atoms with van der Waals surface area (Å²) >= 11 is 0. The molecule has 1 fully saturated rings. The van der Waals surface area contributed by atoms with Gasteiger partial charge in [0.2, 0.25) is 0 Å². The number of esters is 1. The molecule has 0 N–H and O–H groups in total. The van der Waals surface area contributed by atoms with Crippen molar-refractivity contribution in [2.45, 2.75) is 20.3 Å². The third-order valence-electron chi connectivity index (χ3n) is 4.33. The number of hydrogen-bond donors (Lipinski definition) is 0. The maximum atomic E-state index is 12.3. The summed E-state index contributed by atoms with van der Waals surface area (Å²) in [5, 5.41) is 4.02. The van der Waals surface area contributed by atoms with Crippen LogP contribution in [0, 0.1) is 11.8 Å². The van der Waals surface area contributed by atoms with E-state index in [4.69, 9.17) is 4.74 Å². The largest absolute Gasteiger partial charge is 0.452 e. The minimum Gasteiger partial charge on any atom is -0.452 e. The van der Waals surface area contributed by atoms with Crippen molar-refractivity contribution >= 4 is 11.9 Å². The van der Waals surface area contributed by atoms with Gasteiger partial charge in [0, 0.05) is 13.1 Å². The third kappa shape index (κ3) is 4.23. The number of hydrogen-bond acceptors (Lipinski definition) is 5. The van der Waals surface area contributed by atoms with Crippen molar-refractivity contribution in [3.05, 3.63) is 42.5 Å². The number of likely N-dealkylation sites (tertiary alicyclic amines) is 1. The summed E-state index contributed by atoms with van der Waals surface area (Å²) in [4.78, 5) is 30.1. The topological polar surface area (TPSA) is 77.3 Å². The van der Waals surface area contributed by atoms with Gasteiger partial charge in [0.15, 0.2) is 6.61 Å². The first-order chi connectivity index (χ1) is 12.0. The van der Waals surface area contributed by atoms with E-state index < -0.39 is 5.97 Å². The fraction of sp³-hybridized carbons (Fsp3) is 0.444. The molecule has 2 aromatic rings. The minimum atomic E-state index is -0.503. The van der Waals surface area contributed by atoms with Crippen molar-refractivity contribution < 1.29 is 14.3 Å². The molecular formula is C18H22N4O3. The summed E-state index contributed by atoms with van der Waals surface area (Å²) in [7, 11) is 0. The maximum absolute atomic E-state index is 12.3. The Morgan fingerprint density at radius 1 is 1.16 bits per heavy atom. The van der Waals surface area contributed by atoms with Crippen LogP contribution in [0.5, 0.6) is 0 Å². The minimum absolute atomic E-state index is 0.133. The molecule has 7 nitrogen and oxygen atoms in total. The van der Waals surface area contributed by atoms with Gasteiger partial charge in [-0.2, -0.15) is 5.10 Å². The third-order valence-corrected chi connectivity index (χ3v) is 4.33. The number of benzene rings is 1. The van der Waals surface area contributed by atoms with E-state index in [9.17, 15) is 9.59 Å². The Morgan fingerprint density at radius 2 is 1.84 bits per heavy atom. The number of carbonyl (C=O) groups is 2. The highest BCUT2D eigenvalue weighted by Gasteiger charge is 2.26. The van der Waals surface area contributed by atoms with Crippen LogP contribution in [0.2, 0.25) is 0 Å². The lowest BCUT2D eigenvalue weighted by Crippen LogP contribution is -2.44. The smallest absolute Gasteiger partial charge is 0.338 e. The first-order valence-corrected chi connectivity index (χ1v) is 8.43. The standard InChI is InChI=1S/C18H22N4O3/c1-13-7-14(2)9-21(8-13)17(23)10-25-18(24)15-3-5-16(6-4-15)22-12-19-11-20-22/h3-6,11-14H,7-10H2,1-2H3/t13-,14-/m0/s1. The van der Waals surface area contributed by atoms with Crippen molar-refractivity contribution in [1.82, 2.24) is 19.7 Å². The molecule has 0 spiro atoms. The summed E-state index contributed by atoms with van der Waals surface area (Å²) in [5.74, 6) is 0.322. The van der Waals surface area contributed by atoms with Crippen molar-refractivity contribution in [3.8, 4) is 5.69 Å². The second-order valence-electron chi connectivity index (χ2n) is 6.71. The van der Waals surface area contributed by atoms with Gasteiger partial charge in [-0.05, 0) is 42.5 Å². The number of rotatable bonds is 4. The van der Waals surface area contributed by atoms with Gasteiger partial charge in [-0.25, -0.2) is 14.5 Å². The normalized spacial score (nSPS) is 20.3. The number of amides is 1. The molecule has 0 aliphatic carbocycles. The van der Waals surface area contributed by atoms with Crippen LogP contribution in [0.4, 0.5) is 0 Å². The van der Waals surface area contributed by atoms with Crippen molar-refractivity contribution in [2.24, 2.45) is 11.8 Å². The summed E-state index contributed by atoms with van der Waals surface area (Å²) in [6, 6.07) is 6.80. The Kier molecular flexibility index (Phi) is 5.11. The molecule has 1 saturated heterocycles. The van der Waals surface area contributed by atoms with Gasteiger partial charge in [0.1, 0.15) is 12.7 Å². The van der Waals surface area contributed by atoms with E-state index in [-0.39, 0.29) is 12.5 Å². The monoisotopic (exact) mass is 342 g/mol. The number of piperidine rings is 1. The van der Waals surface area contributed by atoms with Crippen LogP contribution in [-0.4, -0.2) is 51.2 Å². The fourth-order valence-electron chi connectivity index (χ4n) is 3.26. The van der Waals surface area contributed by atoms with E-state index in [1.54, 1.807) is 40.2 Å². The lowest BCUT2D eigenvalue weighted by molar-refractivity contribution is -0.137. The number of ether oxygens (including phenoxy) is 1. The highest BCUT2D eigenvalue weighted by atomic mass is 16.5. The Hall–Kier alpha value is -2.70. The molecular weight excluding hydrogens is 320 g/mol. The van der Waals surface area contributed by atoms with Crippen LogP contribution < -0.4 is 0 Å². The molecule has 7 heteroatoms. The first kappa shape index (κ1) is 17.1. The first-order valence-electron chi connectivity index (χ1n) is 8.43. The molecule has 1 aliphatic heterocycles. The molecule has 0 bridgehead atoms. The van der Waals surface area contributed by atoms with Gasteiger partial charge < -0.3 is 9.64 Å². The van der Waals surface area contributed by atoms with Gasteiger partial charge >= 0.3 is 5.97 Å². The van der Waals surface area contributed by atoms with Crippen molar-refractivity contribution in [1.29, 1.82) is 0 Å². The molecule has 2 heterocycles. The summed E-state index contributed by atoms with van der Waals surface area (Å²) in [6.07, 6.45) is 4.14. The van der Waals surface area contributed by atoms with Crippen molar-refractivity contribution in [3.63, 3.8) is 0 Å². The lowest BCUT2D eigenvalue weighted by atomic mass is 9.92.